The first-order valence-electron chi connectivity index (χ1n) is 4.13. The van der Waals surface area contributed by atoms with Crippen LogP contribution >= 0.6 is 0 Å². The first kappa shape index (κ1) is 11.1. The van der Waals surface area contributed by atoms with E-state index in [4.69, 9.17) is 10.2 Å². The normalized spacial score (nSPS) is 9.17. The van der Waals surface area contributed by atoms with Gasteiger partial charge in [0.1, 0.15) is 0 Å². The van der Waals surface area contributed by atoms with E-state index >= 15 is 0 Å². The van der Waals surface area contributed by atoms with E-state index in [1.54, 1.807) is 18.2 Å². The Morgan fingerprint density at radius 1 is 1.17 bits per heavy atom. The summed E-state index contributed by atoms with van der Waals surface area (Å²) in [5.41, 5.74) is 1.57. The average Bonchev–Trinajstić information content (AvgIpc) is 2.08. The minimum atomic E-state index is -1.35. The van der Waals surface area contributed by atoms with Gasteiger partial charge in [-0.1, -0.05) is 43.7 Å². The fourth-order valence-corrected chi connectivity index (χ4v) is 0.831. The Hall–Kier alpha value is -0.860. The van der Waals surface area contributed by atoms with Gasteiger partial charge in [0.2, 0.25) is 0 Å². The molecule has 0 saturated heterocycles. The highest BCUT2D eigenvalue weighted by molar-refractivity contribution is 5.22. The van der Waals surface area contributed by atoms with Gasteiger partial charge in [-0.15, -0.1) is 0 Å². The molecule has 12 heavy (non-hydrogen) atoms. The molecular weight excluding hydrogens is 152 g/mol. The zero-order chi connectivity index (χ0) is 9.56. The van der Waals surface area contributed by atoms with Gasteiger partial charge < -0.3 is 10.2 Å². The Kier molecular flexibility index (Phi) is 5.34. The van der Waals surface area contributed by atoms with Gasteiger partial charge in [-0.25, -0.2) is 0 Å². The summed E-state index contributed by atoms with van der Waals surface area (Å²) in [6.07, 6.45) is -1.35. The summed E-state index contributed by atoms with van der Waals surface area (Å²) in [6, 6.07) is 7.12. The zero-order valence-electron chi connectivity index (χ0n) is 7.78. The Morgan fingerprint density at radius 3 is 2.08 bits per heavy atom. The van der Waals surface area contributed by atoms with Crippen molar-refractivity contribution < 1.29 is 10.2 Å². The molecule has 0 saturated carbocycles. The van der Waals surface area contributed by atoms with Gasteiger partial charge in [0.15, 0.2) is 6.29 Å². The van der Waals surface area contributed by atoms with Gasteiger partial charge in [-0.3, -0.25) is 0 Å². The third-order valence-corrected chi connectivity index (χ3v) is 1.34. The van der Waals surface area contributed by atoms with Crippen LogP contribution in [-0.2, 0) is 0 Å². The summed E-state index contributed by atoms with van der Waals surface area (Å²) in [7, 11) is 0. The van der Waals surface area contributed by atoms with E-state index < -0.39 is 6.29 Å². The van der Waals surface area contributed by atoms with Crippen molar-refractivity contribution in [3.05, 3.63) is 35.4 Å². The Bertz CT molecular complexity index is 219. The van der Waals surface area contributed by atoms with Crippen LogP contribution in [0.1, 0.15) is 31.3 Å². The number of benzene rings is 1. The van der Waals surface area contributed by atoms with Crippen LogP contribution in [-0.4, -0.2) is 10.2 Å². The molecule has 0 radical (unpaired) electrons. The van der Waals surface area contributed by atoms with Crippen LogP contribution in [0.25, 0.3) is 0 Å². The lowest BCUT2D eigenvalue weighted by molar-refractivity contribution is -0.0425. The third kappa shape index (κ3) is 3.51. The molecule has 1 aromatic carbocycles. The molecule has 0 aliphatic heterocycles. The third-order valence-electron chi connectivity index (χ3n) is 1.34. The van der Waals surface area contributed by atoms with Crippen LogP contribution in [0, 0.1) is 6.92 Å². The molecule has 2 heteroatoms. The summed E-state index contributed by atoms with van der Waals surface area (Å²) >= 11 is 0. The van der Waals surface area contributed by atoms with Crippen molar-refractivity contribution in [2.24, 2.45) is 0 Å². The molecule has 0 unspecified atom stereocenters. The lowest BCUT2D eigenvalue weighted by Gasteiger charge is -2.02. The van der Waals surface area contributed by atoms with E-state index in [-0.39, 0.29) is 0 Å². The van der Waals surface area contributed by atoms with E-state index in [9.17, 15) is 0 Å². The van der Waals surface area contributed by atoms with E-state index in [1.807, 2.05) is 26.8 Å². The molecule has 0 heterocycles. The predicted octanol–water partition coefficient (Wildman–Crippen LogP) is 2.00. The minimum absolute atomic E-state index is 0.542. The fourth-order valence-electron chi connectivity index (χ4n) is 0.831. The summed E-state index contributed by atoms with van der Waals surface area (Å²) < 4.78 is 0. The van der Waals surface area contributed by atoms with Gasteiger partial charge in [0.05, 0.1) is 0 Å². The van der Waals surface area contributed by atoms with Crippen LogP contribution < -0.4 is 0 Å². The smallest absolute Gasteiger partial charge is 0.178 e. The second kappa shape index (κ2) is 5.75. The number of aliphatic hydroxyl groups is 2. The SMILES string of the molecule is CC.Cc1cccc(C(O)O)c1. The van der Waals surface area contributed by atoms with Crippen molar-refractivity contribution in [2.45, 2.75) is 27.1 Å². The summed E-state index contributed by atoms with van der Waals surface area (Å²) in [5, 5.41) is 17.4. The Morgan fingerprint density at radius 2 is 1.75 bits per heavy atom. The first-order chi connectivity index (χ1) is 5.70. The van der Waals surface area contributed by atoms with Gasteiger partial charge in [0, 0.05) is 5.56 Å². The highest BCUT2D eigenvalue weighted by Gasteiger charge is 1.99. The average molecular weight is 168 g/mol. The lowest BCUT2D eigenvalue weighted by Crippen LogP contribution is -1.93. The number of rotatable bonds is 1. The van der Waals surface area contributed by atoms with E-state index in [0.29, 0.717) is 5.56 Å². The number of hydrogen-bond acceptors (Lipinski definition) is 2. The molecule has 0 bridgehead atoms. The minimum Gasteiger partial charge on any atom is -0.364 e. The van der Waals surface area contributed by atoms with Crippen molar-refractivity contribution in [1.29, 1.82) is 0 Å². The fraction of sp³-hybridized carbons (Fsp3) is 0.400. The maximum absolute atomic E-state index is 8.70. The van der Waals surface area contributed by atoms with Crippen molar-refractivity contribution in [2.75, 3.05) is 0 Å². The standard InChI is InChI=1S/C8H10O2.C2H6/c1-6-3-2-4-7(5-6)8(9)10;1-2/h2-5,8-10H,1H3;1-2H3. The Labute approximate surface area is 73.5 Å². The lowest BCUT2D eigenvalue weighted by atomic mass is 10.1. The second-order valence-electron chi connectivity index (χ2n) is 2.29. The molecule has 0 aliphatic rings. The van der Waals surface area contributed by atoms with E-state index in [1.165, 1.54) is 0 Å². The number of aliphatic hydroxyl groups excluding tert-OH is 1. The van der Waals surface area contributed by atoms with Crippen molar-refractivity contribution in [3.63, 3.8) is 0 Å². The molecular formula is C10H16O2. The Balaban J connectivity index is 0.000000561. The molecule has 0 aromatic heterocycles. The molecule has 0 fully saturated rings. The number of aryl methyl sites for hydroxylation is 1. The largest absolute Gasteiger partial charge is 0.364 e. The number of hydrogen-bond donors (Lipinski definition) is 2. The molecule has 1 aromatic rings. The van der Waals surface area contributed by atoms with Crippen molar-refractivity contribution in [3.8, 4) is 0 Å². The zero-order valence-corrected chi connectivity index (χ0v) is 7.78. The quantitative estimate of drug-likeness (QED) is 0.630. The molecule has 2 N–H and O–H groups in total. The maximum Gasteiger partial charge on any atom is 0.178 e. The van der Waals surface area contributed by atoms with Gasteiger partial charge >= 0.3 is 0 Å². The molecule has 1 rings (SSSR count). The maximum atomic E-state index is 8.70. The summed E-state index contributed by atoms with van der Waals surface area (Å²) in [5.74, 6) is 0. The van der Waals surface area contributed by atoms with Crippen LogP contribution in [0.4, 0.5) is 0 Å². The van der Waals surface area contributed by atoms with Crippen molar-refractivity contribution >= 4 is 0 Å². The summed E-state index contributed by atoms with van der Waals surface area (Å²) in [6.45, 7) is 5.91. The van der Waals surface area contributed by atoms with Crippen molar-refractivity contribution in [1.82, 2.24) is 0 Å². The molecule has 0 aliphatic carbocycles. The van der Waals surface area contributed by atoms with E-state index in [0.717, 1.165) is 5.56 Å². The topological polar surface area (TPSA) is 40.5 Å². The first-order valence-corrected chi connectivity index (χ1v) is 4.13. The second-order valence-corrected chi connectivity index (χ2v) is 2.29. The summed E-state index contributed by atoms with van der Waals surface area (Å²) in [4.78, 5) is 0. The highest BCUT2D eigenvalue weighted by atomic mass is 16.5. The van der Waals surface area contributed by atoms with E-state index in [2.05, 4.69) is 0 Å². The van der Waals surface area contributed by atoms with Crippen LogP contribution in [0.5, 0.6) is 0 Å². The van der Waals surface area contributed by atoms with Gasteiger partial charge in [-0.2, -0.15) is 0 Å². The molecule has 2 nitrogen and oxygen atoms in total. The molecule has 0 spiro atoms. The monoisotopic (exact) mass is 168 g/mol. The van der Waals surface area contributed by atoms with Crippen LogP contribution in [0.15, 0.2) is 24.3 Å². The molecule has 0 amide bonds. The highest BCUT2D eigenvalue weighted by Crippen LogP contribution is 2.10. The van der Waals surface area contributed by atoms with Crippen LogP contribution in [0.2, 0.25) is 0 Å². The predicted molar refractivity (Wildman–Crippen MR) is 49.7 cm³/mol. The van der Waals surface area contributed by atoms with Gasteiger partial charge in [-0.05, 0) is 6.92 Å². The van der Waals surface area contributed by atoms with Gasteiger partial charge in [0.25, 0.3) is 0 Å². The van der Waals surface area contributed by atoms with Crippen LogP contribution in [0.3, 0.4) is 0 Å². The molecule has 68 valence electrons. The molecule has 0 atom stereocenters.